The van der Waals surface area contributed by atoms with Crippen LogP contribution in [0.1, 0.15) is 99.1 Å². The molecule has 0 fully saturated rings. The molecule has 1 radical (unpaired) electrons. The van der Waals surface area contributed by atoms with Crippen LogP contribution in [0.2, 0.25) is 0 Å². The minimum absolute atomic E-state index is 0. The zero-order valence-electron chi connectivity index (χ0n) is 30.6. The van der Waals surface area contributed by atoms with E-state index in [-0.39, 0.29) is 48.9 Å². The molecule has 0 saturated carbocycles. The van der Waals surface area contributed by atoms with E-state index in [0.717, 1.165) is 71.1 Å². The van der Waals surface area contributed by atoms with E-state index in [1.807, 2.05) is 46.0 Å². The number of allylic oxidation sites excluding steroid dienone is 2. The molecule has 5 rings (SSSR count). The second-order valence-corrected chi connectivity index (χ2v) is 14.1. The van der Waals surface area contributed by atoms with Crippen LogP contribution in [-0.2, 0) is 36.7 Å². The Bertz CT molecular complexity index is 1860. The van der Waals surface area contributed by atoms with Crippen LogP contribution in [0.15, 0.2) is 77.5 Å². The van der Waals surface area contributed by atoms with Crippen molar-refractivity contribution in [3.05, 3.63) is 90.3 Å². The molecule has 0 amide bonds. The Morgan fingerprint density at radius 1 is 0.898 bits per heavy atom. The van der Waals surface area contributed by atoms with Crippen molar-refractivity contribution in [2.45, 2.75) is 99.8 Å². The molecule has 49 heavy (non-hydrogen) atoms. The first-order valence-corrected chi connectivity index (χ1v) is 17.5. The standard InChI is InChI=1S/C29H28N3O.C13H24O2.Ir/c1-18(2)12-21-16-30-27(28-23(21)10-11-33-28)26-15-25(31-17-32-26)20-13-19-8-6-7-9-22(19)24(14-20)29(3,4)5;1-5-10(6-2)12(14)9-13(15)11(7-3)8-4;/h6-11,14-18H,12H2,1-5H3;9-11,14H,5-8H2,1-4H3;/q-1;;/b;12-9-;. The fourth-order valence-corrected chi connectivity index (χ4v) is 6.20. The minimum atomic E-state index is -0.00650. The summed E-state index contributed by atoms with van der Waals surface area (Å²) in [7, 11) is 0. The zero-order valence-corrected chi connectivity index (χ0v) is 33.0. The van der Waals surface area contributed by atoms with Gasteiger partial charge in [-0.15, -0.1) is 29.1 Å². The molecule has 3 heterocycles. The molecule has 5 aromatic rings. The van der Waals surface area contributed by atoms with Crippen molar-refractivity contribution >= 4 is 27.5 Å². The van der Waals surface area contributed by atoms with Gasteiger partial charge in [-0.2, -0.15) is 0 Å². The summed E-state index contributed by atoms with van der Waals surface area (Å²) in [5.74, 6) is 1.09. The molecule has 3 aromatic heterocycles. The van der Waals surface area contributed by atoms with Gasteiger partial charge in [0.2, 0.25) is 0 Å². The number of hydrogen-bond acceptors (Lipinski definition) is 6. The monoisotopic (exact) mass is 839 g/mol. The van der Waals surface area contributed by atoms with Crippen LogP contribution in [0, 0.1) is 23.8 Å². The molecular formula is C42H52IrN3O3-. The van der Waals surface area contributed by atoms with Gasteiger partial charge in [0, 0.05) is 55.3 Å². The zero-order chi connectivity index (χ0) is 35.0. The van der Waals surface area contributed by atoms with Gasteiger partial charge in [-0.25, -0.2) is 4.98 Å². The Hall–Kier alpha value is -3.67. The number of aliphatic hydroxyl groups excluding tert-OH is 1. The van der Waals surface area contributed by atoms with Crippen LogP contribution in [0.5, 0.6) is 0 Å². The van der Waals surface area contributed by atoms with Gasteiger partial charge in [0.05, 0.1) is 17.7 Å². The number of hydrogen-bond donors (Lipinski definition) is 1. The topological polar surface area (TPSA) is 89.1 Å². The number of carbonyl (C=O) groups excluding carboxylic acids is 1. The van der Waals surface area contributed by atoms with E-state index in [0.29, 0.717) is 5.92 Å². The largest absolute Gasteiger partial charge is 0.512 e. The Morgan fingerprint density at radius 2 is 1.55 bits per heavy atom. The summed E-state index contributed by atoms with van der Waals surface area (Å²) >= 11 is 0. The maximum atomic E-state index is 11.7. The number of aliphatic hydroxyl groups is 1. The van der Waals surface area contributed by atoms with Crippen molar-refractivity contribution in [2.75, 3.05) is 0 Å². The van der Waals surface area contributed by atoms with E-state index in [4.69, 9.17) is 9.40 Å². The fourth-order valence-electron chi connectivity index (χ4n) is 6.20. The van der Waals surface area contributed by atoms with Crippen molar-refractivity contribution < 1.29 is 34.4 Å². The van der Waals surface area contributed by atoms with Gasteiger partial charge in [0.25, 0.3) is 0 Å². The van der Waals surface area contributed by atoms with Crippen LogP contribution < -0.4 is 0 Å². The summed E-state index contributed by atoms with van der Waals surface area (Å²) in [5, 5.41) is 13.2. The van der Waals surface area contributed by atoms with Gasteiger partial charge < -0.3 is 9.52 Å². The van der Waals surface area contributed by atoms with Crippen molar-refractivity contribution in [2.24, 2.45) is 17.8 Å². The van der Waals surface area contributed by atoms with Crippen LogP contribution >= 0.6 is 0 Å². The number of nitrogens with zero attached hydrogens (tertiary/aromatic N) is 3. The van der Waals surface area contributed by atoms with E-state index in [2.05, 4.69) is 81.0 Å². The molecule has 7 heteroatoms. The number of benzene rings is 2. The van der Waals surface area contributed by atoms with Crippen LogP contribution in [0.3, 0.4) is 0 Å². The molecular weight excluding hydrogens is 787 g/mol. The van der Waals surface area contributed by atoms with Crippen molar-refractivity contribution in [3.63, 3.8) is 0 Å². The van der Waals surface area contributed by atoms with Gasteiger partial charge in [-0.05, 0) is 61.1 Å². The van der Waals surface area contributed by atoms with Crippen LogP contribution in [0.25, 0.3) is 44.4 Å². The Balaban J connectivity index is 0.000000347. The number of furan rings is 1. The molecule has 1 N–H and O–H groups in total. The molecule has 263 valence electrons. The van der Waals surface area contributed by atoms with E-state index in [9.17, 15) is 9.90 Å². The Morgan fingerprint density at radius 3 is 2.18 bits per heavy atom. The molecule has 6 nitrogen and oxygen atoms in total. The second kappa shape index (κ2) is 17.8. The average molecular weight is 839 g/mol. The Kier molecular flexibility index (Phi) is 14.5. The minimum Gasteiger partial charge on any atom is -0.512 e. The SMILES string of the molecule is CC(C)Cc1cnc(-c2cc(-c3[c-]c4ccccc4c(C(C)(C)C)c3)ncn2)c2occc12.CCC(CC)C(=O)/C=C(\O)C(CC)CC.[Ir]. The summed E-state index contributed by atoms with van der Waals surface area (Å²) in [4.78, 5) is 25.6. The fraction of sp³-hybridized carbons (Fsp3) is 0.429. The van der Waals surface area contributed by atoms with Crippen LogP contribution in [-0.4, -0.2) is 25.8 Å². The first-order chi connectivity index (χ1) is 22.9. The van der Waals surface area contributed by atoms with E-state index < -0.39 is 0 Å². The first kappa shape index (κ1) is 39.8. The molecule has 0 aliphatic carbocycles. The molecule has 0 aliphatic rings. The molecule has 0 atom stereocenters. The molecule has 0 bridgehead atoms. The smallest absolute Gasteiger partial charge is 0.162 e. The number of aromatic nitrogens is 3. The predicted molar refractivity (Wildman–Crippen MR) is 198 cm³/mol. The van der Waals surface area contributed by atoms with E-state index in [1.165, 1.54) is 22.6 Å². The number of pyridine rings is 1. The molecule has 0 aliphatic heterocycles. The molecule has 0 spiro atoms. The molecule has 2 aromatic carbocycles. The molecule has 0 unspecified atom stereocenters. The second-order valence-electron chi connectivity index (χ2n) is 14.1. The summed E-state index contributed by atoms with van der Waals surface area (Å²) in [5.41, 5.74) is 6.50. The normalized spacial score (nSPS) is 12.0. The summed E-state index contributed by atoms with van der Waals surface area (Å²) in [6.45, 7) is 19.2. The van der Waals surface area contributed by atoms with E-state index >= 15 is 0 Å². The van der Waals surface area contributed by atoms with Crippen molar-refractivity contribution in [3.8, 4) is 22.6 Å². The van der Waals surface area contributed by atoms with Crippen molar-refractivity contribution in [1.29, 1.82) is 0 Å². The predicted octanol–water partition coefficient (Wildman–Crippen LogP) is 11.3. The maximum Gasteiger partial charge on any atom is 0.162 e. The third-order valence-corrected chi connectivity index (χ3v) is 9.05. The average Bonchev–Trinajstić information content (AvgIpc) is 3.56. The van der Waals surface area contributed by atoms with E-state index in [1.54, 1.807) is 12.6 Å². The summed E-state index contributed by atoms with van der Waals surface area (Å²) in [6.07, 6.45) is 11.1. The number of rotatable bonds is 11. The first-order valence-electron chi connectivity index (χ1n) is 17.5. The van der Waals surface area contributed by atoms with Gasteiger partial charge in [-0.3, -0.25) is 14.8 Å². The van der Waals surface area contributed by atoms with Gasteiger partial charge in [-0.1, -0.05) is 91.5 Å². The Labute approximate surface area is 306 Å². The van der Waals surface area contributed by atoms with Gasteiger partial charge in [0.1, 0.15) is 12.0 Å². The summed E-state index contributed by atoms with van der Waals surface area (Å²) in [6, 6.07) is 18.2. The van der Waals surface area contributed by atoms with Crippen LogP contribution in [0.4, 0.5) is 0 Å². The molecule has 0 saturated heterocycles. The third-order valence-electron chi connectivity index (χ3n) is 9.05. The maximum absolute atomic E-state index is 11.7. The van der Waals surface area contributed by atoms with Gasteiger partial charge >= 0.3 is 0 Å². The third kappa shape index (κ3) is 9.73. The van der Waals surface area contributed by atoms with Gasteiger partial charge in [0.15, 0.2) is 11.4 Å². The summed E-state index contributed by atoms with van der Waals surface area (Å²) < 4.78 is 5.86. The number of ketones is 1. The number of carbonyl (C=O) groups is 1. The number of fused-ring (bicyclic) bond motifs is 2. The van der Waals surface area contributed by atoms with Crippen molar-refractivity contribution in [1.82, 2.24) is 15.0 Å². The quantitative estimate of drug-likeness (QED) is 0.0810.